The van der Waals surface area contributed by atoms with E-state index in [2.05, 4.69) is 10.2 Å². The maximum Gasteiger partial charge on any atom is 0.534 e. The van der Waals surface area contributed by atoms with Crippen molar-refractivity contribution in [3.8, 4) is 0 Å². The molecule has 0 radical (unpaired) electrons. The molecule has 24 heavy (non-hydrogen) atoms. The molecule has 0 fully saturated rings. The van der Waals surface area contributed by atoms with Gasteiger partial charge in [-0.2, -0.15) is 0 Å². The number of hydrogen-bond acceptors (Lipinski definition) is 7. The van der Waals surface area contributed by atoms with Gasteiger partial charge < -0.3 is 19.7 Å². The maximum absolute atomic E-state index is 11.9. The molecule has 0 bridgehead atoms. The van der Waals surface area contributed by atoms with Gasteiger partial charge in [-0.3, -0.25) is 9.59 Å². The minimum atomic E-state index is -2.44. The summed E-state index contributed by atoms with van der Waals surface area (Å²) in [7, 11) is -2.44. The Morgan fingerprint density at radius 1 is 0.917 bits per heavy atom. The Bertz CT molecular complexity index is 361. The van der Waals surface area contributed by atoms with Crippen LogP contribution in [0.1, 0.15) is 39.5 Å². The number of carbonyl (C=O) groups excluding carboxylic acids is 2. The Hall–Kier alpha value is -1.12. The molecule has 0 aliphatic rings. The van der Waals surface area contributed by atoms with Crippen molar-refractivity contribution in [2.24, 2.45) is 0 Å². The third-order valence-electron chi connectivity index (χ3n) is 2.96. The molecule has 0 saturated heterocycles. The lowest BCUT2D eigenvalue weighted by molar-refractivity contribution is -0.147. The Balaban J connectivity index is 4.38. The number of unbranched alkanes of at least 4 members (excludes halogenated alkanes) is 2. The molecule has 0 aliphatic carbocycles. The maximum atomic E-state index is 11.9. The van der Waals surface area contributed by atoms with E-state index in [9.17, 15) is 24.4 Å². The summed E-state index contributed by atoms with van der Waals surface area (Å²) in [6, 6.07) is -2.37. The summed E-state index contributed by atoms with van der Waals surface area (Å²) in [6.45, 7) is 3.06. The number of ether oxygens (including phenoxy) is 2. The van der Waals surface area contributed by atoms with E-state index in [-0.39, 0.29) is 13.2 Å². The van der Waals surface area contributed by atoms with Crippen LogP contribution < -0.4 is 10.2 Å². The molecule has 10 heteroatoms. The van der Waals surface area contributed by atoms with E-state index in [4.69, 9.17) is 9.47 Å². The number of carbonyl (C=O) groups is 2. The van der Waals surface area contributed by atoms with E-state index in [0.717, 1.165) is 12.8 Å². The molecule has 0 aromatic rings. The van der Waals surface area contributed by atoms with Crippen LogP contribution in [0.5, 0.6) is 0 Å². The lowest BCUT2D eigenvalue weighted by atomic mass is 10.3. The van der Waals surface area contributed by atoms with E-state index in [1.807, 2.05) is 13.8 Å². The van der Waals surface area contributed by atoms with Crippen LogP contribution in [0.3, 0.4) is 0 Å². The summed E-state index contributed by atoms with van der Waals surface area (Å²) in [4.78, 5) is 23.4. The summed E-state index contributed by atoms with van der Waals surface area (Å²) < 4.78 is 21.8. The molecule has 0 saturated carbocycles. The van der Waals surface area contributed by atoms with Gasteiger partial charge in [-0.1, -0.05) is 36.9 Å². The zero-order chi connectivity index (χ0) is 18.4. The number of esters is 2. The summed E-state index contributed by atoms with van der Waals surface area (Å²) >= 11 is 0. The van der Waals surface area contributed by atoms with E-state index in [1.54, 1.807) is 0 Å². The number of nitrogens with one attached hydrogen (secondary N) is 2. The average molecular weight is 367 g/mol. The summed E-state index contributed by atoms with van der Waals surface area (Å²) in [5.41, 5.74) is 0. The first-order chi connectivity index (χ1) is 11.5. The van der Waals surface area contributed by atoms with Crippen LogP contribution in [0, 0.1) is 0 Å². The molecule has 9 nitrogen and oxygen atoms in total. The van der Waals surface area contributed by atoms with Gasteiger partial charge in [0.1, 0.15) is 0 Å². The first-order valence-corrected chi connectivity index (χ1v) is 9.30. The van der Waals surface area contributed by atoms with Gasteiger partial charge in [0.2, 0.25) is 0 Å². The second-order valence-corrected chi connectivity index (χ2v) is 6.17. The smallest absolute Gasteiger partial charge is 0.464 e. The minimum absolute atomic E-state index is 0.209. The standard InChI is InChI=1S/C14H28N2O7P/c1-3-5-7-22-13(19)11(9-17)15-24(21)16-12(10-18)14(20)23-8-6-4-2/h11-12,17-18H,3-10H2,1-2H3,(H2,15,16,21)/q+1. The second kappa shape index (κ2) is 14.2. The SMILES string of the molecule is CCCCOC(=O)C(CO)N[P+](=O)NC(CO)C(=O)OCCCC. The van der Waals surface area contributed by atoms with Crippen LogP contribution in [0.25, 0.3) is 0 Å². The lowest BCUT2D eigenvalue weighted by Gasteiger charge is -2.12. The Morgan fingerprint density at radius 2 is 1.29 bits per heavy atom. The Kier molecular flexibility index (Phi) is 13.6. The predicted octanol–water partition coefficient (Wildman–Crippen LogP) is 0.231. The lowest BCUT2D eigenvalue weighted by Crippen LogP contribution is -2.43. The molecule has 0 rings (SSSR count). The Morgan fingerprint density at radius 3 is 1.58 bits per heavy atom. The number of rotatable bonds is 14. The fraction of sp³-hybridized carbons (Fsp3) is 0.857. The van der Waals surface area contributed by atoms with Gasteiger partial charge in [-0.15, -0.1) is 0 Å². The molecular weight excluding hydrogens is 339 g/mol. The van der Waals surface area contributed by atoms with Gasteiger partial charge in [0, 0.05) is 0 Å². The number of aliphatic hydroxyl groups is 2. The van der Waals surface area contributed by atoms with Gasteiger partial charge in [0.05, 0.1) is 26.4 Å². The third-order valence-corrected chi connectivity index (χ3v) is 4.06. The van der Waals surface area contributed by atoms with Crippen molar-refractivity contribution in [1.82, 2.24) is 10.2 Å². The van der Waals surface area contributed by atoms with Crippen molar-refractivity contribution >= 4 is 20.0 Å². The molecule has 0 heterocycles. The summed E-state index contributed by atoms with van der Waals surface area (Å²) in [5, 5.41) is 23.0. The van der Waals surface area contributed by atoms with Crippen LogP contribution in [0.2, 0.25) is 0 Å². The van der Waals surface area contributed by atoms with Gasteiger partial charge >= 0.3 is 20.0 Å². The minimum Gasteiger partial charge on any atom is -0.464 e. The molecule has 0 aliphatic heterocycles. The summed E-state index contributed by atoms with van der Waals surface area (Å²) in [6.07, 6.45) is 3.06. The zero-order valence-electron chi connectivity index (χ0n) is 14.2. The average Bonchev–Trinajstić information content (AvgIpc) is 2.57. The first kappa shape index (κ1) is 22.9. The third kappa shape index (κ3) is 9.89. The van der Waals surface area contributed by atoms with Gasteiger partial charge in [-0.25, -0.2) is 0 Å². The van der Waals surface area contributed by atoms with Crippen LogP contribution >= 0.6 is 8.10 Å². The van der Waals surface area contributed by atoms with Crippen molar-refractivity contribution in [3.05, 3.63) is 0 Å². The van der Waals surface area contributed by atoms with E-state index in [0.29, 0.717) is 12.8 Å². The van der Waals surface area contributed by atoms with Crippen molar-refractivity contribution in [1.29, 1.82) is 0 Å². The molecule has 0 aromatic heterocycles. The zero-order valence-corrected chi connectivity index (χ0v) is 15.1. The van der Waals surface area contributed by atoms with Crippen LogP contribution in [0.15, 0.2) is 0 Å². The molecule has 0 aromatic carbocycles. The molecule has 0 amide bonds. The largest absolute Gasteiger partial charge is 0.534 e. The number of hydrogen-bond donors (Lipinski definition) is 4. The molecule has 2 atom stereocenters. The predicted molar refractivity (Wildman–Crippen MR) is 87.4 cm³/mol. The molecule has 140 valence electrons. The van der Waals surface area contributed by atoms with E-state index in [1.165, 1.54) is 0 Å². The topological polar surface area (TPSA) is 134 Å². The highest BCUT2D eigenvalue weighted by atomic mass is 31.1. The van der Waals surface area contributed by atoms with Crippen molar-refractivity contribution in [3.63, 3.8) is 0 Å². The molecule has 0 spiro atoms. The fourth-order valence-electron chi connectivity index (χ4n) is 1.49. The molecular formula is C14H28N2O7P+. The first-order valence-electron chi connectivity index (χ1n) is 8.04. The molecule has 4 N–H and O–H groups in total. The van der Waals surface area contributed by atoms with E-state index < -0.39 is 45.3 Å². The quantitative estimate of drug-likeness (QED) is 0.193. The highest BCUT2D eigenvalue weighted by molar-refractivity contribution is 7.40. The second-order valence-electron chi connectivity index (χ2n) is 5.06. The van der Waals surface area contributed by atoms with Gasteiger partial charge in [0.15, 0.2) is 12.1 Å². The highest BCUT2D eigenvalue weighted by Crippen LogP contribution is 2.12. The van der Waals surface area contributed by atoms with Crippen LogP contribution in [0.4, 0.5) is 0 Å². The molecule has 2 unspecified atom stereocenters. The van der Waals surface area contributed by atoms with Gasteiger partial charge in [-0.05, 0) is 17.4 Å². The van der Waals surface area contributed by atoms with Crippen molar-refractivity contribution < 1.29 is 33.8 Å². The van der Waals surface area contributed by atoms with Crippen LogP contribution in [-0.2, 0) is 23.6 Å². The normalized spacial score (nSPS) is 13.9. The number of aliphatic hydroxyl groups excluding tert-OH is 2. The van der Waals surface area contributed by atoms with Crippen LogP contribution in [-0.4, -0.2) is 60.7 Å². The van der Waals surface area contributed by atoms with Gasteiger partial charge in [0.25, 0.3) is 0 Å². The van der Waals surface area contributed by atoms with Crippen molar-refractivity contribution in [2.75, 3.05) is 26.4 Å². The highest BCUT2D eigenvalue weighted by Gasteiger charge is 2.34. The fourth-order valence-corrected chi connectivity index (χ4v) is 2.51. The van der Waals surface area contributed by atoms with E-state index >= 15 is 0 Å². The summed E-state index contributed by atoms with van der Waals surface area (Å²) in [5.74, 6) is -1.47. The van der Waals surface area contributed by atoms with Crippen molar-refractivity contribution in [2.45, 2.75) is 51.6 Å². The monoisotopic (exact) mass is 367 g/mol. The Labute approximate surface area is 143 Å².